The number of rotatable bonds is 6. The molecule has 0 amide bonds. The number of hydrogen-bond donors (Lipinski definition) is 1. The highest BCUT2D eigenvalue weighted by molar-refractivity contribution is 5.43. The summed E-state index contributed by atoms with van der Waals surface area (Å²) in [5.74, 6) is -0.599. The van der Waals surface area contributed by atoms with E-state index in [-0.39, 0.29) is 11.8 Å². The number of nitrogens with zero attached hydrogens (tertiary/aromatic N) is 3. The second kappa shape index (κ2) is 6.27. The molecule has 1 rings (SSSR count). The summed E-state index contributed by atoms with van der Waals surface area (Å²) in [7, 11) is 1.36. The largest absolute Gasteiger partial charge is 0.354 e. The SMILES string of the molecule is CCCNc1ncc(F)c(N(C)CC(F)F)n1. The number of hydrogen-bond acceptors (Lipinski definition) is 4. The Kier molecular flexibility index (Phi) is 4.99. The van der Waals surface area contributed by atoms with Gasteiger partial charge in [-0.15, -0.1) is 0 Å². The zero-order chi connectivity index (χ0) is 12.8. The Bertz CT molecular complexity index is 359. The van der Waals surface area contributed by atoms with Crippen LogP contribution >= 0.6 is 0 Å². The van der Waals surface area contributed by atoms with Crippen LogP contribution in [0.15, 0.2) is 6.20 Å². The lowest BCUT2D eigenvalue weighted by molar-refractivity contribution is 0.156. The summed E-state index contributed by atoms with van der Waals surface area (Å²) in [5.41, 5.74) is 0. The molecule has 7 heteroatoms. The summed E-state index contributed by atoms with van der Waals surface area (Å²) in [6.07, 6.45) is -0.702. The van der Waals surface area contributed by atoms with Gasteiger partial charge in [-0.3, -0.25) is 0 Å². The Morgan fingerprint density at radius 3 is 2.76 bits per heavy atom. The third-order valence-electron chi connectivity index (χ3n) is 2.03. The summed E-state index contributed by atoms with van der Waals surface area (Å²) >= 11 is 0. The first-order valence-corrected chi connectivity index (χ1v) is 5.30. The average molecular weight is 248 g/mol. The molecule has 1 N–H and O–H groups in total. The molecule has 96 valence electrons. The van der Waals surface area contributed by atoms with Gasteiger partial charge in [0.25, 0.3) is 6.43 Å². The Hall–Kier alpha value is -1.53. The first kappa shape index (κ1) is 13.5. The van der Waals surface area contributed by atoms with E-state index in [0.29, 0.717) is 6.54 Å². The first-order valence-electron chi connectivity index (χ1n) is 5.30. The highest BCUT2D eigenvalue weighted by Crippen LogP contribution is 2.16. The van der Waals surface area contributed by atoms with Gasteiger partial charge in [0.05, 0.1) is 12.7 Å². The van der Waals surface area contributed by atoms with E-state index in [1.165, 1.54) is 7.05 Å². The van der Waals surface area contributed by atoms with Gasteiger partial charge in [-0.25, -0.2) is 18.2 Å². The summed E-state index contributed by atoms with van der Waals surface area (Å²) in [4.78, 5) is 8.65. The average Bonchev–Trinajstić information content (AvgIpc) is 2.27. The minimum absolute atomic E-state index is 0.126. The minimum Gasteiger partial charge on any atom is -0.354 e. The molecule has 0 aromatic carbocycles. The van der Waals surface area contributed by atoms with Gasteiger partial charge in [-0.2, -0.15) is 4.98 Å². The van der Waals surface area contributed by atoms with Crippen molar-refractivity contribution in [2.24, 2.45) is 0 Å². The normalized spacial score (nSPS) is 10.7. The number of halogens is 3. The lowest BCUT2D eigenvalue weighted by Crippen LogP contribution is -2.26. The molecule has 0 aliphatic heterocycles. The molecule has 0 aliphatic rings. The van der Waals surface area contributed by atoms with Crippen LogP contribution in [0, 0.1) is 5.82 Å². The summed E-state index contributed by atoms with van der Waals surface area (Å²) in [6, 6.07) is 0. The molecule has 1 aromatic rings. The molecule has 17 heavy (non-hydrogen) atoms. The van der Waals surface area contributed by atoms with Crippen molar-refractivity contribution in [3.63, 3.8) is 0 Å². The van der Waals surface area contributed by atoms with E-state index in [4.69, 9.17) is 0 Å². The van der Waals surface area contributed by atoms with Crippen LogP contribution in [-0.2, 0) is 0 Å². The predicted octanol–water partition coefficient (Wildman–Crippen LogP) is 2.14. The van der Waals surface area contributed by atoms with Gasteiger partial charge in [0.15, 0.2) is 11.6 Å². The number of nitrogens with one attached hydrogen (secondary N) is 1. The van der Waals surface area contributed by atoms with Crippen LogP contribution in [0.25, 0.3) is 0 Å². The zero-order valence-corrected chi connectivity index (χ0v) is 9.75. The minimum atomic E-state index is -2.54. The lowest BCUT2D eigenvalue weighted by Gasteiger charge is -2.18. The Labute approximate surface area is 97.9 Å². The van der Waals surface area contributed by atoms with E-state index < -0.39 is 18.8 Å². The second-order valence-corrected chi connectivity index (χ2v) is 3.56. The Balaban J connectivity index is 2.81. The quantitative estimate of drug-likeness (QED) is 0.837. The standard InChI is InChI=1S/C10H15F3N4/c1-3-4-14-10-15-5-7(11)9(16-10)17(2)6-8(12)13/h5,8H,3-4,6H2,1-2H3,(H,14,15,16). The van der Waals surface area contributed by atoms with Crippen LogP contribution in [0.5, 0.6) is 0 Å². The highest BCUT2D eigenvalue weighted by Gasteiger charge is 2.15. The van der Waals surface area contributed by atoms with E-state index in [2.05, 4.69) is 15.3 Å². The maximum Gasteiger partial charge on any atom is 0.255 e. The van der Waals surface area contributed by atoms with Crippen LogP contribution in [0.4, 0.5) is 24.9 Å². The zero-order valence-electron chi connectivity index (χ0n) is 9.75. The first-order chi connectivity index (χ1) is 8.04. The van der Waals surface area contributed by atoms with E-state index >= 15 is 0 Å². The van der Waals surface area contributed by atoms with E-state index in [1.807, 2.05) is 6.92 Å². The molecule has 0 radical (unpaired) electrons. The van der Waals surface area contributed by atoms with Crippen molar-refractivity contribution < 1.29 is 13.2 Å². The molecule has 0 atom stereocenters. The van der Waals surface area contributed by atoms with Crippen molar-refractivity contribution in [2.75, 3.05) is 30.4 Å². The van der Waals surface area contributed by atoms with Crippen molar-refractivity contribution in [1.82, 2.24) is 9.97 Å². The molecule has 1 aromatic heterocycles. The number of alkyl halides is 2. The van der Waals surface area contributed by atoms with Gasteiger partial charge in [-0.1, -0.05) is 6.92 Å². The molecule has 0 spiro atoms. The summed E-state index contributed by atoms with van der Waals surface area (Å²) < 4.78 is 37.7. The smallest absolute Gasteiger partial charge is 0.255 e. The third-order valence-corrected chi connectivity index (χ3v) is 2.03. The van der Waals surface area contributed by atoms with Crippen LogP contribution in [0.3, 0.4) is 0 Å². The van der Waals surface area contributed by atoms with Crippen molar-refractivity contribution >= 4 is 11.8 Å². The molecule has 1 heterocycles. The summed E-state index contributed by atoms with van der Waals surface area (Å²) in [6.45, 7) is 2.03. The maximum atomic E-state index is 13.4. The molecule has 0 unspecified atom stereocenters. The summed E-state index contributed by atoms with van der Waals surface area (Å²) in [5, 5.41) is 2.87. The Morgan fingerprint density at radius 1 is 1.47 bits per heavy atom. The van der Waals surface area contributed by atoms with E-state index in [1.54, 1.807) is 0 Å². The van der Waals surface area contributed by atoms with Crippen LogP contribution < -0.4 is 10.2 Å². The molecule has 0 aliphatic carbocycles. The van der Waals surface area contributed by atoms with Gasteiger partial charge >= 0.3 is 0 Å². The fraction of sp³-hybridized carbons (Fsp3) is 0.600. The monoisotopic (exact) mass is 248 g/mol. The predicted molar refractivity (Wildman–Crippen MR) is 60.0 cm³/mol. The lowest BCUT2D eigenvalue weighted by atomic mass is 10.4. The van der Waals surface area contributed by atoms with Gasteiger partial charge in [-0.05, 0) is 6.42 Å². The molecule has 0 fully saturated rings. The molecule has 4 nitrogen and oxygen atoms in total. The van der Waals surface area contributed by atoms with E-state index in [0.717, 1.165) is 17.5 Å². The van der Waals surface area contributed by atoms with Crippen molar-refractivity contribution in [1.29, 1.82) is 0 Å². The van der Waals surface area contributed by atoms with Crippen molar-refractivity contribution in [2.45, 2.75) is 19.8 Å². The molecular weight excluding hydrogens is 233 g/mol. The van der Waals surface area contributed by atoms with Crippen LogP contribution in [0.1, 0.15) is 13.3 Å². The van der Waals surface area contributed by atoms with Crippen molar-refractivity contribution in [3.8, 4) is 0 Å². The maximum absolute atomic E-state index is 13.4. The van der Waals surface area contributed by atoms with Crippen LogP contribution in [0.2, 0.25) is 0 Å². The van der Waals surface area contributed by atoms with Gasteiger partial charge in [0, 0.05) is 13.6 Å². The number of anilines is 2. The van der Waals surface area contributed by atoms with Gasteiger partial charge < -0.3 is 10.2 Å². The van der Waals surface area contributed by atoms with Crippen molar-refractivity contribution in [3.05, 3.63) is 12.0 Å². The van der Waals surface area contributed by atoms with E-state index in [9.17, 15) is 13.2 Å². The molecule has 0 saturated carbocycles. The third kappa shape index (κ3) is 4.08. The fourth-order valence-electron chi connectivity index (χ4n) is 1.24. The molecule has 0 saturated heterocycles. The Morgan fingerprint density at radius 2 is 2.18 bits per heavy atom. The topological polar surface area (TPSA) is 41.1 Å². The number of aromatic nitrogens is 2. The fourth-order valence-corrected chi connectivity index (χ4v) is 1.24. The van der Waals surface area contributed by atoms with Crippen LogP contribution in [-0.4, -0.2) is 36.5 Å². The van der Waals surface area contributed by atoms with Gasteiger partial charge in [0.1, 0.15) is 0 Å². The molecular formula is C10H15F3N4. The second-order valence-electron chi connectivity index (χ2n) is 3.56. The molecule has 0 bridgehead atoms. The van der Waals surface area contributed by atoms with Gasteiger partial charge in [0.2, 0.25) is 5.95 Å². The highest BCUT2D eigenvalue weighted by atomic mass is 19.3.